The van der Waals surface area contributed by atoms with Gasteiger partial charge in [0.1, 0.15) is 0 Å². The summed E-state index contributed by atoms with van der Waals surface area (Å²) < 4.78 is 0. The molecule has 110 valence electrons. The lowest BCUT2D eigenvalue weighted by Crippen LogP contribution is -2.39. The molecule has 19 heavy (non-hydrogen) atoms. The molecule has 4 heteroatoms. The number of nitrogens with one attached hydrogen (secondary N) is 2. The lowest BCUT2D eigenvalue weighted by Gasteiger charge is -2.20. The average Bonchev–Trinajstić information content (AvgIpc) is 3.25. The summed E-state index contributed by atoms with van der Waals surface area (Å²) in [4.78, 5) is 6.89. The summed E-state index contributed by atoms with van der Waals surface area (Å²) >= 11 is 0. The number of guanidine groups is 1. The predicted molar refractivity (Wildman–Crippen MR) is 81.6 cm³/mol. The summed E-state index contributed by atoms with van der Waals surface area (Å²) in [5.41, 5.74) is 0. The number of rotatable bonds is 6. The van der Waals surface area contributed by atoms with Gasteiger partial charge in [0.2, 0.25) is 0 Å². The van der Waals surface area contributed by atoms with Gasteiger partial charge in [-0.05, 0) is 57.7 Å². The molecule has 1 aliphatic carbocycles. The van der Waals surface area contributed by atoms with E-state index in [9.17, 15) is 0 Å². The van der Waals surface area contributed by atoms with Crippen LogP contribution in [0.5, 0.6) is 0 Å². The monoisotopic (exact) mass is 266 g/mol. The number of hydrogen-bond donors (Lipinski definition) is 2. The van der Waals surface area contributed by atoms with Crippen LogP contribution in [0, 0.1) is 5.92 Å². The molecule has 1 aliphatic heterocycles. The Hall–Kier alpha value is -0.770. The second kappa shape index (κ2) is 8.41. The SMILES string of the molecule is CN=C(NCCCN1CCCCCC1)NCC1CC1. The molecule has 4 nitrogen and oxygen atoms in total. The van der Waals surface area contributed by atoms with E-state index in [-0.39, 0.29) is 0 Å². The highest BCUT2D eigenvalue weighted by atomic mass is 15.2. The van der Waals surface area contributed by atoms with Crippen molar-refractivity contribution in [1.29, 1.82) is 0 Å². The van der Waals surface area contributed by atoms with Crippen LogP contribution in [0.4, 0.5) is 0 Å². The normalized spacial score (nSPS) is 22.1. The minimum Gasteiger partial charge on any atom is -0.356 e. The lowest BCUT2D eigenvalue weighted by molar-refractivity contribution is 0.282. The number of aliphatic imine (C=N–C) groups is 1. The molecule has 0 bridgehead atoms. The first kappa shape index (κ1) is 14.6. The van der Waals surface area contributed by atoms with E-state index in [0.29, 0.717) is 0 Å². The highest BCUT2D eigenvalue weighted by Crippen LogP contribution is 2.27. The molecule has 2 aliphatic rings. The van der Waals surface area contributed by atoms with Gasteiger partial charge in [0.25, 0.3) is 0 Å². The first-order chi connectivity index (χ1) is 9.38. The molecule has 0 spiro atoms. The molecule has 2 N–H and O–H groups in total. The minimum atomic E-state index is 0.899. The van der Waals surface area contributed by atoms with Crippen molar-refractivity contribution in [2.24, 2.45) is 10.9 Å². The zero-order valence-corrected chi connectivity index (χ0v) is 12.5. The molecular weight excluding hydrogens is 236 g/mol. The first-order valence-electron chi connectivity index (χ1n) is 8.05. The van der Waals surface area contributed by atoms with E-state index < -0.39 is 0 Å². The molecule has 0 atom stereocenters. The van der Waals surface area contributed by atoms with Crippen LogP contribution in [0.1, 0.15) is 44.9 Å². The van der Waals surface area contributed by atoms with Crippen molar-refractivity contribution in [2.75, 3.05) is 39.8 Å². The van der Waals surface area contributed by atoms with Gasteiger partial charge in [-0.25, -0.2) is 0 Å². The number of likely N-dealkylation sites (tertiary alicyclic amines) is 1. The standard InChI is InChI=1S/C15H30N4/c1-16-15(18-13-14-7-8-14)17-9-6-12-19-10-4-2-3-5-11-19/h14H,2-13H2,1H3,(H2,16,17,18). The highest BCUT2D eigenvalue weighted by Gasteiger charge is 2.20. The van der Waals surface area contributed by atoms with Gasteiger partial charge in [0, 0.05) is 20.1 Å². The Morgan fingerprint density at radius 2 is 1.84 bits per heavy atom. The van der Waals surface area contributed by atoms with E-state index in [2.05, 4.69) is 20.5 Å². The van der Waals surface area contributed by atoms with Gasteiger partial charge in [0.15, 0.2) is 5.96 Å². The summed E-state index contributed by atoms with van der Waals surface area (Å²) in [6.45, 7) is 5.95. The third-order valence-corrected chi connectivity index (χ3v) is 4.12. The Kier molecular flexibility index (Phi) is 6.48. The van der Waals surface area contributed by atoms with E-state index in [1.807, 2.05) is 7.05 Å². The zero-order valence-electron chi connectivity index (χ0n) is 12.5. The van der Waals surface area contributed by atoms with Crippen LogP contribution < -0.4 is 10.6 Å². The number of nitrogens with zero attached hydrogens (tertiary/aromatic N) is 2. The molecule has 0 aromatic carbocycles. The smallest absolute Gasteiger partial charge is 0.190 e. The van der Waals surface area contributed by atoms with Gasteiger partial charge >= 0.3 is 0 Å². The Labute approximate surface area is 118 Å². The van der Waals surface area contributed by atoms with Crippen molar-refractivity contribution in [3.05, 3.63) is 0 Å². The summed E-state index contributed by atoms with van der Waals surface area (Å²) in [6, 6.07) is 0. The van der Waals surface area contributed by atoms with Crippen LogP contribution in [0.15, 0.2) is 4.99 Å². The molecule has 1 saturated carbocycles. The second-order valence-electron chi connectivity index (χ2n) is 5.93. The maximum Gasteiger partial charge on any atom is 0.190 e. The van der Waals surface area contributed by atoms with Crippen molar-refractivity contribution >= 4 is 5.96 Å². The van der Waals surface area contributed by atoms with Gasteiger partial charge in [-0.15, -0.1) is 0 Å². The first-order valence-corrected chi connectivity index (χ1v) is 8.05. The fourth-order valence-electron chi connectivity index (χ4n) is 2.65. The summed E-state index contributed by atoms with van der Waals surface area (Å²) in [7, 11) is 1.86. The molecular formula is C15H30N4. The van der Waals surface area contributed by atoms with Crippen LogP contribution >= 0.6 is 0 Å². The number of hydrogen-bond acceptors (Lipinski definition) is 2. The molecule has 1 heterocycles. The van der Waals surface area contributed by atoms with Crippen molar-refractivity contribution in [2.45, 2.75) is 44.9 Å². The fraction of sp³-hybridized carbons (Fsp3) is 0.933. The van der Waals surface area contributed by atoms with E-state index in [0.717, 1.165) is 25.0 Å². The Balaban J connectivity index is 1.51. The lowest BCUT2D eigenvalue weighted by atomic mass is 10.2. The van der Waals surface area contributed by atoms with Crippen LogP contribution in [0.2, 0.25) is 0 Å². The second-order valence-corrected chi connectivity index (χ2v) is 5.93. The third kappa shape index (κ3) is 6.28. The van der Waals surface area contributed by atoms with Gasteiger partial charge in [-0.3, -0.25) is 4.99 Å². The largest absolute Gasteiger partial charge is 0.356 e. The molecule has 0 aromatic heterocycles. The van der Waals surface area contributed by atoms with E-state index >= 15 is 0 Å². The van der Waals surface area contributed by atoms with Crippen LogP contribution in [-0.2, 0) is 0 Å². The Morgan fingerprint density at radius 3 is 2.47 bits per heavy atom. The topological polar surface area (TPSA) is 39.7 Å². The van der Waals surface area contributed by atoms with Crippen LogP contribution in [-0.4, -0.2) is 50.6 Å². The molecule has 0 amide bonds. The Morgan fingerprint density at radius 1 is 1.11 bits per heavy atom. The van der Waals surface area contributed by atoms with Crippen LogP contribution in [0.3, 0.4) is 0 Å². The van der Waals surface area contributed by atoms with Crippen molar-refractivity contribution in [3.8, 4) is 0 Å². The molecule has 1 saturated heterocycles. The van der Waals surface area contributed by atoms with Crippen molar-refractivity contribution in [3.63, 3.8) is 0 Å². The molecule has 2 fully saturated rings. The molecule has 2 rings (SSSR count). The molecule has 0 unspecified atom stereocenters. The van der Waals surface area contributed by atoms with Crippen molar-refractivity contribution < 1.29 is 0 Å². The maximum absolute atomic E-state index is 4.27. The summed E-state index contributed by atoms with van der Waals surface area (Å²) in [5, 5.41) is 6.83. The maximum atomic E-state index is 4.27. The van der Waals surface area contributed by atoms with Crippen LogP contribution in [0.25, 0.3) is 0 Å². The average molecular weight is 266 g/mol. The van der Waals surface area contributed by atoms with Gasteiger partial charge in [0.05, 0.1) is 0 Å². The third-order valence-electron chi connectivity index (χ3n) is 4.12. The van der Waals surface area contributed by atoms with Crippen molar-refractivity contribution in [1.82, 2.24) is 15.5 Å². The zero-order chi connectivity index (χ0) is 13.3. The quantitative estimate of drug-likeness (QED) is 0.438. The molecule has 0 aromatic rings. The van der Waals surface area contributed by atoms with E-state index in [1.165, 1.54) is 64.6 Å². The molecule has 0 radical (unpaired) electrons. The summed E-state index contributed by atoms with van der Waals surface area (Å²) in [5.74, 6) is 1.87. The van der Waals surface area contributed by atoms with Gasteiger partial charge < -0.3 is 15.5 Å². The van der Waals surface area contributed by atoms with Gasteiger partial charge in [-0.1, -0.05) is 12.8 Å². The minimum absolute atomic E-state index is 0.899. The fourth-order valence-corrected chi connectivity index (χ4v) is 2.65. The Bertz CT molecular complexity index is 265. The van der Waals surface area contributed by atoms with E-state index in [1.54, 1.807) is 0 Å². The highest BCUT2D eigenvalue weighted by molar-refractivity contribution is 5.79. The van der Waals surface area contributed by atoms with Gasteiger partial charge in [-0.2, -0.15) is 0 Å². The van der Waals surface area contributed by atoms with E-state index in [4.69, 9.17) is 0 Å². The summed E-state index contributed by atoms with van der Waals surface area (Å²) in [6.07, 6.45) is 9.61. The predicted octanol–water partition coefficient (Wildman–Crippen LogP) is 1.83.